The number of carbonyl (C=O) groups is 1. The fourth-order valence-corrected chi connectivity index (χ4v) is 1.48. The molecule has 17 heavy (non-hydrogen) atoms. The summed E-state index contributed by atoms with van der Waals surface area (Å²) in [6.45, 7) is 1.44. The van der Waals surface area contributed by atoms with Crippen molar-refractivity contribution in [3.05, 3.63) is 36.7 Å². The summed E-state index contributed by atoms with van der Waals surface area (Å²) in [5, 5.41) is 2.65. The molecule has 0 saturated heterocycles. The number of nitrogens with two attached hydrogens (primary N) is 1. The van der Waals surface area contributed by atoms with E-state index < -0.39 is 0 Å². The molecule has 0 radical (unpaired) electrons. The van der Waals surface area contributed by atoms with Crippen molar-refractivity contribution >= 4 is 17.5 Å². The van der Waals surface area contributed by atoms with E-state index in [9.17, 15) is 4.79 Å². The number of aromatic nitrogens is 2. The van der Waals surface area contributed by atoms with Crippen LogP contribution in [0.15, 0.2) is 36.7 Å². The van der Waals surface area contributed by atoms with Gasteiger partial charge in [0.15, 0.2) is 0 Å². The van der Waals surface area contributed by atoms with Crippen molar-refractivity contribution in [2.45, 2.75) is 6.92 Å². The molecule has 0 spiro atoms. The Kier molecular flexibility index (Phi) is 3.06. The average molecular weight is 231 g/mol. The van der Waals surface area contributed by atoms with Gasteiger partial charge in [-0.2, -0.15) is 0 Å². The first kappa shape index (κ1) is 11.2. The predicted molar refractivity (Wildman–Crippen MR) is 65.7 cm³/mol. The number of hydrogen-bond donors (Lipinski definition) is 3. The van der Waals surface area contributed by atoms with E-state index in [0.29, 0.717) is 5.95 Å². The Morgan fingerprint density at radius 1 is 1.35 bits per heavy atom. The Morgan fingerprint density at radius 2 is 2.06 bits per heavy atom. The van der Waals surface area contributed by atoms with Gasteiger partial charge in [-0.05, 0) is 24.3 Å². The molecule has 88 valence electrons. The molecule has 0 bridgehead atoms. The highest BCUT2D eigenvalue weighted by atomic mass is 16.1. The van der Waals surface area contributed by atoms with Gasteiger partial charge in [0.25, 0.3) is 0 Å². The van der Waals surface area contributed by atoms with E-state index in [1.807, 2.05) is 24.3 Å². The number of rotatable bonds is 3. The minimum absolute atomic E-state index is 0.155. The third kappa shape index (κ3) is 2.43. The molecule has 1 aromatic heterocycles. The summed E-state index contributed by atoms with van der Waals surface area (Å²) < 4.78 is 1.78. The quantitative estimate of drug-likeness (QED) is 0.545. The molecular formula is C11H13N5O. The van der Waals surface area contributed by atoms with Crippen LogP contribution in [0, 0.1) is 0 Å². The normalized spacial score (nSPS) is 10.0. The van der Waals surface area contributed by atoms with Crippen molar-refractivity contribution < 1.29 is 4.79 Å². The highest BCUT2D eigenvalue weighted by molar-refractivity contribution is 5.87. The molecular weight excluding hydrogens is 218 g/mol. The van der Waals surface area contributed by atoms with Crippen molar-refractivity contribution in [1.29, 1.82) is 0 Å². The first-order valence-corrected chi connectivity index (χ1v) is 5.08. The third-order valence-corrected chi connectivity index (χ3v) is 2.24. The molecule has 1 heterocycles. The summed E-state index contributed by atoms with van der Waals surface area (Å²) in [4.78, 5) is 15.1. The molecule has 1 amide bonds. The summed E-state index contributed by atoms with van der Waals surface area (Å²) in [6.07, 6.45) is 3.40. The van der Waals surface area contributed by atoms with Crippen LogP contribution >= 0.6 is 0 Å². The molecule has 4 N–H and O–H groups in total. The van der Waals surface area contributed by atoms with E-state index >= 15 is 0 Å². The maximum absolute atomic E-state index is 11.0. The lowest BCUT2D eigenvalue weighted by molar-refractivity contribution is -0.114. The van der Waals surface area contributed by atoms with E-state index in [2.05, 4.69) is 15.7 Å². The van der Waals surface area contributed by atoms with Gasteiger partial charge in [-0.25, -0.2) is 4.98 Å². The van der Waals surface area contributed by atoms with Crippen molar-refractivity contribution in [1.82, 2.24) is 9.55 Å². The number of benzene rings is 1. The minimum atomic E-state index is -0.155. The molecule has 0 aliphatic heterocycles. The molecule has 6 nitrogen and oxygen atoms in total. The summed E-state index contributed by atoms with van der Waals surface area (Å²) in [6, 6.07) is 7.43. The zero-order chi connectivity index (χ0) is 12.3. The predicted octanol–water partition coefficient (Wildman–Crippen LogP) is 1.12. The molecule has 0 unspecified atom stereocenters. The maximum atomic E-state index is 11.0. The van der Waals surface area contributed by atoms with E-state index in [-0.39, 0.29) is 5.91 Å². The van der Waals surface area contributed by atoms with Crippen LogP contribution in [0.1, 0.15) is 6.92 Å². The largest absolute Gasteiger partial charge is 0.324 e. The molecule has 6 heteroatoms. The van der Waals surface area contributed by atoms with Crippen molar-refractivity contribution in [2.24, 2.45) is 5.84 Å². The van der Waals surface area contributed by atoms with Crippen molar-refractivity contribution in [3.8, 4) is 5.69 Å². The number of nitrogens with zero attached hydrogens (tertiary/aromatic N) is 2. The fraction of sp³-hybridized carbons (Fsp3) is 0.0909. The molecule has 0 aliphatic rings. The monoisotopic (exact) mass is 231 g/mol. The summed E-state index contributed by atoms with van der Waals surface area (Å²) in [7, 11) is 0. The van der Waals surface area contributed by atoms with Crippen molar-refractivity contribution in [2.75, 3.05) is 10.7 Å². The van der Waals surface area contributed by atoms with Crippen LogP contribution in [0.5, 0.6) is 0 Å². The Balaban J connectivity index is 2.32. The second-order valence-corrected chi connectivity index (χ2v) is 3.49. The topological polar surface area (TPSA) is 85.0 Å². The maximum Gasteiger partial charge on any atom is 0.223 e. The number of amides is 1. The van der Waals surface area contributed by atoms with Crippen LogP contribution < -0.4 is 16.6 Å². The number of nitrogens with one attached hydrogen (secondary N) is 2. The van der Waals surface area contributed by atoms with Crippen molar-refractivity contribution in [3.63, 3.8) is 0 Å². The van der Waals surface area contributed by atoms with Gasteiger partial charge in [0.1, 0.15) is 0 Å². The van der Waals surface area contributed by atoms with Gasteiger partial charge in [0, 0.05) is 30.7 Å². The molecule has 1 aromatic carbocycles. The minimum Gasteiger partial charge on any atom is -0.324 e. The van der Waals surface area contributed by atoms with Crippen LogP contribution in [0.3, 0.4) is 0 Å². The average Bonchev–Trinajstić information content (AvgIpc) is 2.76. The molecule has 0 fully saturated rings. The molecule has 0 atom stereocenters. The van der Waals surface area contributed by atoms with Crippen LogP contribution in [-0.4, -0.2) is 15.5 Å². The van der Waals surface area contributed by atoms with E-state index in [1.54, 1.807) is 17.0 Å². The lowest BCUT2D eigenvalue weighted by Gasteiger charge is -2.08. The van der Waals surface area contributed by atoms with Crippen LogP contribution in [-0.2, 0) is 4.79 Å². The molecule has 2 aromatic rings. The number of imidazole rings is 1. The summed E-state index contributed by atoms with van der Waals surface area (Å²) in [5.41, 5.74) is 4.26. The molecule has 2 rings (SSSR count). The van der Waals surface area contributed by atoms with Crippen LogP contribution in [0.25, 0.3) is 5.69 Å². The lowest BCUT2D eigenvalue weighted by Crippen LogP contribution is -2.11. The highest BCUT2D eigenvalue weighted by Gasteiger charge is 2.05. The first-order chi connectivity index (χ1) is 8.20. The Morgan fingerprint density at radius 3 is 2.65 bits per heavy atom. The number of anilines is 2. The van der Waals surface area contributed by atoms with E-state index in [1.165, 1.54) is 6.92 Å². The molecule has 0 saturated carbocycles. The Bertz CT molecular complexity index is 517. The standard InChI is InChI=1S/C11H13N5O/c1-8(17)14-11-13-6-7-16(11)10-4-2-9(15-12)3-5-10/h2-7,15H,12H2,1H3,(H,13,14,17). The van der Waals surface area contributed by atoms with Crippen LogP contribution in [0.4, 0.5) is 11.6 Å². The van der Waals surface area contributed by atoms with Gasteiger partial charge < -0.3 is 5.43 Å². The van der Waals surface area contributed by atoms with Gasteiger partial charge in [0.05, 0.1) is 0 Å². The third-order valence-electron chi connectivity index (χ3n) is 2.24. The SMILES string of the molecule is CC(=O)Nc1nccn1-c1ccc(NN)cc1. The van der Waals surface area contributed by atoms with E-state index in [4.69, 9.17) is 5.84 Å². The second-order valence-electron chi connectivity index (χ2n) is 3.49. The van der Waals surface area contributed by atoms with Gasteiger partial charge in [-0.15, -0.1) is 0 Å². The first-order valence-electron chi connectivity index (χ1n) is 5.08. The number of carbonyl (C=O) groups excluding carboxylic acids is 1. The zero-order valence-corrected chi connectivity index (χ0v) is 9.34. The fourth-order valence-electron chi connectivity index (χ4n) is 1.48. The van der Waals surface area contributed by atoms with Gasteiger partial charge in [0.2, 0.25) is 11.9 Å². The van der Waals surface area contributed by atoms with Gasteiger partial charge in [-0.3, -0.25) is 20.5 Å². The van der Waals surface area contributed by atoms with Gasteiger partial charge >= 0.3 is 0 Å². The van der Waals surface area contributed by atoms with Gasteiger partial charge in [-0.1, -0.05) is 0 Å². The Labute approximate surface area is 98.4 Å². The number of hydrazine groups is 1. The van der Waals surface area contributed by atoms with Crippen LogP contribution in [0.2, 0.25) is 0 Å². The lowest BCUT2D eigenvalue weighted by atomic mass is 10.3. The summed E-state index contributed by atoms with van der Waals surface area (Å²) >= 11 is 0. The second kappa shape index (κ2) is 4.67. The smallest absolute Gasteiger partial charge is 0.223 e. The Hall–Kier alpha value is -2.34. The number of hydrogen-bond acceptors (Lipinski definition) is 4. The zero-order valence-electron chi connectivity index (χ0n) is 9.34. The number of nitrogen functional groups attached to an aromatic ring is 1. The molecule has 0 aliphatic carbocycles. The summed E-state index contributed by atoms with van der Waals surface area (Å²) in [5.74, 6) is 5.62. The van der Waals surface area contributed by atoms with E-state index in [0.717, 1.165) is 11.4 Å². The highest BCUT2D eigenvalue weighted by Crippen LogP contribution is 2.16.